The van der Waals surface area contributed by atoms with Crippen molar-refractivity contribution >= 4 is 11.6 Å². The van der Waals surface area contributed by atoms with Gasteiger partial charge in [-0.05, 0) is 37.6 Å². The number of furan rings is 1. The Morgan fingerprint density at radius 2 is 2.11 bits per heavy atom. The lowest BCUT2D eigenvalue weighted by Gasteiger charge is -2.10. The van der Waals surface area contributed by atoms with Gasteiger partial charge in [0.15, 0.2) is 12.3 Å². The molecule has 1 aromatic heterocycles. The molecule has 0 radical (unpaired) electrons. The number of aryl methyl sites for hydroxylation is 1. The molecule has 2 aromatic rings. The Morgan fingerprint density at radius 3 is 2.79 bits per heavy atom. The zero-order valence-corrected chi connectivity index (χ0v) is 11.2. The van der Waals surface area contributed by atoms with Gasteiger partial charge in [-0.3, -0.25) is 4.79 Å². The molecule has 0 saturated heterocycles. The van der Waals surface area contributed by atoms with Gasteiger partial charge in [0.25, 0.3) is 5.91 Å². The van der Waals surface area contributed by atoms with E-state index >= 15 is 0 Å². The fourth-order valence-corrected chi connectivity index (χ4v) is 1.86. The van der Waals surface area contributed by atoms with Crippen LogP contribution in [0.25, 0.3) is 0 Å². The van der Waals surface area contributed by atoms with Crippen molar-refractivity contribution in [1.29, 1.82) is 0 Å². The third-order valence-electron chi connectivity index (χ3n) is 3.07. The van der Waals surface area contributed by atoms with Crippen LogP contribution in [0.4, 0.5) is 5.69 Å². The Bertz CT molecular complexity index is 535. The number of anilines is 1. The molecule has 0 unspecified atom stereocenters. The summed E-state index contributed by atoms with van der Waals surface area (Å²) in [4.78, 5) is 11.9. The smallest absolute Gasteiger partial charge is 0.279 e. The van der Waals surface area contributed by atoms with Gasteiger partial charge in [0, 0.05) is 5.69 Å². The number of carbonyl (C=O) groups excluding carboxylic acids is 1. The first kappa shape index (κ1) is 13.4. The van der Waals surface area contributed by atoms with Crippen LogP contribution in [0.5, 0.6) is 0 Å². The molecule has 0 saturated carbocycles. The number of para-hydroxylation sites is 1. The first-order chi connectivity index (χ1) is 9.16. The van der Waals surface area contributed by atoms with Gasteiger partial charge in [-0.25, -0.2) is 0 Å². The maximum atomic E-state index is 11.9. The molecule has 4 heteroatoms. The summed E-state index contributed by atoms with van der Waals surface area (Å²) >= 11 is 0. The van der Waals surface area contributed by atoms with E-state index in [1.165, 1.54) is 0 Å². The number of hydrogen-bond donors (Lipinski definition) is 2. The summed E-state index contributed by atoms with van der Waals surface area (Å²) in [6.07, 6.45) is 1.65. The summed E-state index contributed by atoms with van der Waals surface area (Å²) in [6.45, 7) is 4.36. The molecular weight excluding hydrogens is 240 g/mol. The Hall–Kier alpha value is -2.07. The number of hydrogen-bond acceptors (Lipinski definition) is 2. The third-order valence-corrected chi connectivity index (χ3v) is 3.07. The van der Waals surface area contributed by atoms with Crippen LogP contribution in [-0.4, -0.2) is 12.5 Å². The maximum absolute atomic E-state index is 11.9. The predicted molar refractivity (Wildman–Crippen MR) is 73.7 cm³/mol. The van der Waals surface area contributed by atoms with Gasteiger partial charge in [0.05, 0.1) is 6.26 Å². The standard InChI is InChI=1S/C15H18N2O2/c1-11-6-3-4-7-13(11)17-15(18)10-16-12(2)14-8-5-9-19-14/h3-9,12,16H,10H2,1-2H3,(H,17,18)/p+1/t12-/m0/s1. The fraction of sp³-hybridized carbons (Fsp3) is 0.267. The molecule has 1 heterocycles. The molecular formula is C15H19N2O2+. The average molecular weight is 259 g/mol. The van der Waals surface area contributed by atoms with Gasteiger partial charge < -0.3 is 15.1 Å². The van der Waals surface area contributed by atoms with E-state index in [1.54, 1.807) is 6.26 Å². The Labute approximate surface area is 112 Å². The number of nitrogens with two attached hydrogens (primary N) is 1. The first-order valence-electron chi connectivity index (χ1n) is 6.39. The number of nitrogens with one attached hydrogen (secondary N) is 1. The first-order valence-corrected chi connectivity index (χ1v) is 6.39. The molecule has 100 valence electrons. The molecule has 0 bridgehead atoms. The van der Waals surface area contributed by atoms with Crippen LogP contribution >= 0.6 is 0 Å². The zero-order valence-electron chi connectivity index (χ0n) is 11.2. The summed E-state index contributed by atoms with van der Waals surface area (Å²) in [7, 11) is 0. The van der Waals surface area contributed by atoms with Gasteiger partial charge in [-0.1, -0.05) is 18.2 Å². The van der Waals surface area contributed by atoms with Gasteiger partial charge in [-0.15, -0.1) is 0 Å². The van der Waals surface area contributed by atoms with Gasteiger partial charge in [-0.2, -0.15) is 0 Å². The monoisotopic (exact) mass is 259 g/mol. The van der Waals surface area contributed by atoms with E-state index in [2.05, 4.69) is 5.32 Å². The molecule has 3 N–H and O–H groups in total. The number of rotatable bonds is 5. The second-order valence-electron chi connectivity index (χ2n) is 4.61. The summed E-state index contributed by atoms with van der Waals surface area (Å²) in [5.41, 5.74) is 1.93. The number of amides is 1. The van der Waals surface area contributed by atoms with E-state index in [-0.39, 0.29) is 11.9 Å². The van der Waals surface area contributed by atoms with Crippen molar-refractivity contribution in [3.05, 3.63) is 54.0 Å². The van der Waals surface area contributed by atoms with E-state index in [4.69, 9.17) is 4.42 Å². The minimum absolute atomic E-state index is 0.00675. The third kappa shape index (κ3) is 3.69. The van der Waals surface area contributed by atoms with Crippen LogP contribution in [-0.2, 0) is 4.79 Å². The van der Waals surface area contributed by atoms with Crippen molar-refractivity contribution in [1.82, 2.24) is 0 Å². The van der Waals surface area contributed by atoms with Gasteiger partial charge in [0.2, 0.25) is 0 Å². The fourth-order valence-electron chi connectivity index (χ4n) is 1.86. The summed E-state index contributed by atoms with van der Waals surface area (Å²) in [6, 6.07) is 11.7. The van der Waals surface area contributed by atoms with Crippen molar-refractivity contribution in [2.45, 2.75) is 19.9 Å². The topological polar surface area (TPSA) is 58.9 Å². The highest BCUT2D eigenvalue weighted by Crippen LogP contribution is 2.12. The minimum Gasteiger partial charge on any atom is -0.463 e. The summed E-state index contributed by atoms with van der Waals surface area (Å²) < 4.78 is 5.30. The number of benzene rings is 1. The van der Waals surface area contributed by atoms with E-state index in [0.717, 1.165) is 17.0 Å². The van der Waals surface area contributed by atoms with Gasteiger partial charge >= 0.3 is 0 Å². The van der Waals surface area contributed by atoms with E-state index in [1.807, 2.05) is 55.6 Å². The van der Waals surface area contributed by atoms with Crippen molar-refractivity contribution in [2.75, 3.05) is 11.9 Å². The molecule has 0 aliphatic heterocycles. The number of quaternary nitrogens is 1. The quantitative estimate of drug-likeness (QED) is 0.861. The van der Waals surface area contributed by atoms with Crippen LogP contribution in [0.15, 0.2) is 47.1 Å². The van der Waals surface area contributed by atoms with Gasteiger partial charge in [0.1, 0.15) is 6.04 Å². The summed E-state index contributed by atoms with van der Waals surface area (Å²) in [5, 5.41) is 4.86. The Kier molecular flexibility index (Phi) is 4.36. The average Bonchev–Trinajstić information content (AvgIpc) is 2.93. The highest BCUT2D eigenvalue weighted by atomic mass is 16.3. The predicted octanol–water partition coefficient (Wildman–Crippen LogP) is 1.85. The highest BCUT2D eigenvalue weighted by Gasteiger charge is 2.13. The lowest BCUT2D eigenvalue weighted by molar-refractivity contribution is -0.684. The maximum Gasteiger partial charge on any atom is 0.279 e. The molecule has 1 aromatic carbocycles. The normalized spacial score (nSPS) is 12.1. The molecule has 1 amide bonds. The zero-order chi connectivity index (χ0) is 13.7. The molecule has 2 rings (SSSR count). The van der Waals surface area contributed by atoms with Crippen LogP contribution < -0.4 is 10.6 Å². The molecule has 0 aliphatic rings. The Morgan fingerprint density at radius 1 is 1.32 bits per heavy atom. The summed E-state index contributed by atoms with van der Waals surface area (Å²) in [5.74, 6) is 0.872. The SMILES string of the molecule is Cc1ccccc1NC(=O)C[NH2+][C@@H](C)c1ccco1. The molecule has 19 heavy (non-hydrogen) atoms. The van der Waals surface area contributed by atoms with E-state index < -0.39 is 0 Å². The molecule has 0 aliphatic carbocycles. The minimum atomic E-state index is -0.00675. The van der Waals surface area contributed by atoms with Crippen molar-refractivity contribution in [3.63, 3.8) is 0 Å². The van der Waals surface area contributed by atoms with Crippen LogP contribution in [0, 0.1) is 6.92 Å². The molecule has 1 atom stereocenters. The number of carbonyl (C=O) groups is 1. The van der Waals surface area contributed by atoms with E-state index in [9.17, 15) is 4.79 Å². The van der Waals surface area contributed by atoms with Crippen molar-refractivity contribution < 1.29 is 14.5 Å². The van der Waals surface area contributed by atoms with E-state index in [0.29, 0.717) is 6.54 Å². The lowest BCUT2D eigenvalue weighted by atomic mass is 10.2. The highest BCUT2D eigenvalue weighted by molar-refractivity contribution is 5.92. The van der Waals surface area contributed by atoms with Crippen LogP contribution in [0.2, 0.25) is 0 Å². The Balaban J connectivity index is 1.84. The molecule has 0 spiro atoms. The molecule has 4 nitrogen and oxygen atoms in total. The largest absolute Gasteiger partial charge is 0.463 e. The van der Waals surface area contributed by atoms with Crippen LogP contribution in [0.1, 0.15) is 24.3 Å². The van der Waals surface area contributed by atoms with Crippen molar-refractivity contribution in [3.8, 4) is 0 Å². The second-order valence-corrected chi connectivity index (χ2v) is 4.61. The van der Waals surface area contributed by atoms with Crippen LogP contribution in [0.3, 0.4) is 0 Å². The molecule has 0 fully saturated rings. The lowest BCUT2D eigenvalue weighted by Crippen LogP contribution is -2.86. The second kappa shape index (κ2) is 6.20. The van der Waals surface area contributed by atoms with Crippen molar-refractivity contribution in [2.24, 2.45) is 0 Å².